The normalized spacial score (nSPS) is 12.1. The molecule has 0 fully saturated rings. The van der Waals surface area contributed by atoms with Gasteiger partial charge in [0, 0.05) is 10.9 Å². The lowest BCUT2D eigenvalue weighted by molar-refractivity contribution is 0.590. The van der Waals surface area contributed by atoms with Crippen molar-refractivity contribution in [3.8, 4) is 11.4 Å². The fourth-order valence-corrected chi connectivity index (χ4v) is 2.80. The monoisotopic (exact) mass is 302 g/mol. The molecule has 4 aromatic rings. The van der Waals surface area contributed by atoms with Crippen molar-refractivity contribution < 1.29 is 0 Å². The largest absolute Gasteiger partial charge is 0.265 e. The molecule has 0 N–H and O–H groups in total. The van der Waals surface area contributed by atoms with Gasteiger partial charge in [-0.05, 0) is 23.1 Å². The van der Waals surface area contributed by atoms with E-state index in [-0.39, 0.29) is 5.41 Å². The lowest BCUT2D eigenvalue weighted by Gasteiger charge is -2.18. The Hall–Kier alpha value is -2.75. The van der Waals surface area contributed by atoms with Crippen molar-refractivity contribution in [3.05, 3.63) is 60.4 Å². The lowest BCUT2D eigenvalue weighted by Crippen LogP contribution is -2.10. The van der Waals surface area contributed by atoms with E-state index in [1.165, 1.54) is 5.56 Å². The quantitative estimate of drug-likeness (QED) is 0.528. The van der Waals surface area contributed by atoms with Crippen LogP contribution in [0.5, 0.6) is 0 Å². The second kappa shape index (κ2) is 4.88. The molecule has 2 heterocycles. The van der Waals surface area contributed by atoms with Gasteiger partial charge < -0.3 is 0 Å². The molecule has 0 aliphatic heterocycles. The van der Waals surface area contributed by atoms with Crippen molar-refractivity contribution in [2.75, 3.05) is 0 Å². The zero-order valence-corrected chi connectivity index (χ0v) is 13.5. The highest BCUT2D eigenvalue weighted by Crippen LogP contribution is 2.26. The fraction of sp³-hybridized carbons (Fsp3) is 0.211. The Morgan fingerprint density at radius 2 is 1.61 bits per heavy atom. The molecule has 114 valence electrons. The van der Waals surface area contributed by atoms with Crippen LogP contribution in [0.4, 0.5) is 0 Å². The summed E-state index contributed by atoms with van der Waals surface area (Å²) in [4.78, 5) is 4.51. The van der Waals surface area contributed by atoms with Gasteiger partial charge in [0.2, 0.25) is 0 Å². The van der Waals surface area contributed by atoms with Gasteiger partial charge in [-0.3, -0.25) is 4.40 Å². The van der Waals surface area contributed by atoms with Crippen LogP contribution in [0.3, 0.4) is 0 Å². The number of hydrogen-bond acceptors (Lipinski definition) is 3. The smallest absolute Gasteiger partial charge is 0.171 e. The topological polar surface area (TPSA) is 43.1 Å². The van der Waals surface area contributed by atoms with Gasteiger partial charge in [-0.2, -0.15) is 0 Å². The Kier molecular flexibility index (Phi) is 2.94. The van der Waals surface area contributed by atoms with Crippen molar-refractivity contribution in [2.24, 2.45) is 0 Å². The summed E-state index contributed by atoms with van der Waals surface area (Å²) in [5, 5.41) is 9.76. The fourth-order valence-electron chi connectivity index (χ4n) is 2.80. The molecular weight excluding hydrogens is 284 g/mol. The Morgan fingerprint density at radius 3 is 2.35 bits per heavy atom. The molecular formula is C19H18N4. The number of para-hydroxylation sites is 1. The van der Waals surface area contributed by atoms with Gasteiger partial charge in [0.15, 0.2) is 11.5 Å². The Morgan fingerprint density at radius 1 is 0.870 bits per heavy atom. The molecule has 0 aliphatic carbocycles. The number of hydrogen-bond donors (Lipinski definition) is 0. The summed E-state index contributed by atoms with van der Waals surface area (Å²) in [6, 6.07) is 16.5. The predicted octanol–water partition coefficient (Wildman–Crippen LogP) is 4.24. The molecule has 0 aliphatic rings. The summed E-state index contributed by atoms with van der Waals surface area (Å²) in [6.07, 6.45) is 1.80. The van der Waals surface area contributed by atoms with Crippen LogP contribution in [0.1, 0.15) is 26.3 Å². The van der Waals surface area contributed by atoms with E-state index in [2.05, 4.69) is 60.2 Å². The number of benzene rings is 2. The van der Waals surface area contributed by atoms with E-state index in [0.29, 0.717) is 0 Å². The van der Waals surface area contributed by atoms with Gasteiger partial charge >= 0.3 is 0 Å². The summed E-state index contributed by atoms with van der Waals surface area (Å²) in [7, 11) is 0. The van der Waals surface area contributed by atoms with Crippen LogP contribution in [-0.4, -0.2) is 19.6 Å². The third-order valence-corrected chi connectivity index (χ3v) is 4.16. The van der Waals surface area contributed by atoms with Gasteiger partial charge in [0.1, 0.15) is 6.33 Å². The molecule has 23 heavy (non-hydrogen) atoms. The van der Waals surface area contributed by atoms with Gasteiger partial charge in [0.25, 0.3) is 0 Å². The number of rotatable bonds is 1. The second-order valence-electron chi connectivity index (χ2n) is 6.81. The van der Waals surface area contributed by atoms with E-state index in [4.69, 9.17) is 0 Å². The SMILES string of the molecule is CC(C)(C)c1ccc(-c2nnc3c4ccccc4ncn23)cc1. The van der Waals surface area contributed by atoms with Crippen LogP contribution in [0.25, 0.3) is 27.9 Å². The first-order chi connectivity index (χ1) is 11.0. The van der Waals surface area contributed by atoms with Gasteiger partial charge in [-0.1, -0.05) is 57.2 Å². The molecule has 0 amide bonds. The Labute approximate surface area is 134 Å². The average Bonchev–Trinajstić information content (AvgIpc) is 2.98. The first-order valence-electron chi connectivity index (χ1n) is 7.73. The van der Waals surface area contributed by atoms with Gasteiger partial charge in [-0.15, -0.1) is 10.2 Å². The highest BCUT2D eigenvalue weighted by atomic mass is 15.3. The highest BCUT2D eigenvalue weighted by molar-refractivity contribution is 5.91. The van der Waals surface area contributed by atoms with Crippen molar-refractivity contribution in [1.29, 1.82) is 0 Å². The van der Waals surface area contributed by atoms with Crippen molar-refractivity contribution in [2.45, 2.75) is 26.2 Å². The van der Waals surface area contributed by atoms with Crippen LogP contribution in [-0.2, 0) is 5.41 Å². The van der Waals surface area contributed by atoms with E-state index in [9.17, 15) is 0 Å². The van der Waals surface area contributed by atoms with E-state index in [1.807, 2.05) is 28.7 Å². The zero-order chi connectivity index (χ0) is 16.0. The molecule has 0 radical (unpaired) electrons. The molecule has 0 atom stereocenters. The molecule has 0 bridgehead atoms. The van der Waals surface area contributed by atoms with E-state index < -0.39 is 0 Å². The molecule has 0 spiro atoms. The molecule has 0 unspecified atom stereocenters. The molecule has 4 heteroatoms. The minimum absolute atomic E-state index is 0.142. The number of nitrogens with zero attached hydrogens (tertiary/aromatic N) is 4. The molecule has 0 saturated heterocycles. The van der Waals surface area contributed by atoms with Crippen molar-refractivity contribution in [3.63, 3.8) is 0 Å². The number of aromatic nitrogens is 4. The Bertz CT molecular complexity index is 991. The summed E-state index contributed by atoms with van der Waals surface area (Å²) in [6.45, 7) is 6.64. The zero-order valence-electron chi connectivity index (χ0n) is 13.5. The Balaban J connectivity index is 1.88. The van der Waals surface area contributed by atoms with Crippen LogP contribution >= 0.6 is 0 Å². The summed E-state index contributed by atoms with van der Waals surface area (Å²) < 4.78 is 1.95. The molecule has 4 nitrogen and oxygen atoms in total. The maximum absolute atomic E-state index is 4.51. The first-order valence-corrected chi connectivity index (χ1v) is 7.73. The van der Waals surface area contributed by atoms with E-state index in [1.54, 1.807) is 6.33 Å². The minimum atomic E-state index is 0.142. The second-order valence-corrected chi connectivity index (χ2v) is 6.81. The van der Waals surface area contributed by atoms with Crippen LogP contribution in [0.15, 0.2) is 54.9 Å². The maximum Gasteiger partial charge on any atom is 0.171 e. The van der Waals surface area contributed by atoms with Crippen molar-refractivity contribution in [1.82, 2.24) is 19.6 Å². The van der Waals surface area contributed by atoms with Crippen LogP contribution in [0, 0.1) is 0 Å². The third-order valence-electron chi connectivity index (χ3n) is 4.16. The van der Waals surface area contributed by atoms with E-state index in [0.717, 1.165) is 27.9 Å². The summed E-state index contributed by atoms with van der Waals surface area (Å²) in [5.74, 6) is 0.818. The maximum atomic E-state index is 4.51. The molecule has 2 aromatic heterocycles. The van der Waals surface area contributed by atoms with Crippen LogP contribution in [0.2, 0.25) is 0 Å². The third kappa shape index (κ3) is 2.27. The molecule has 0 saturated carbocycles. The van der Waals surface area contributed by atoms with Crippen molar-refractivity contribution >= 4 is 16.6 Å². The minimum Gasteiger partial charge on any atom is -0.265 e. The predicted molar refractivity (Wildman–Crippen MR) is 92.4 cm³/mol. The summed E-state index contributed by atoms with van der Waals surface area (Å²) in [5.41, 5.74) is 4.26. The standard InChI is InChI=1S/C19H18N4/c1-19(2,3)14-10-8-13(9-11-14)17-21-22-18-15-6-4-5-7-16(15)20-12-23(17)18/h4-12H,1-3H3. The van der Waals surface area contributed by atoms with Gasteiger partial charge in [-0.25, -0.2) is 4.98 Å². The highest BCUT2D eigenvalue weighted by Gasteiger charge is 2.15. The number of fused-ring (bicyclic) bond motifs is 3. The first kappa shape index (κ1) is 13.9. The lowest BCUT2D eigenvalue weighted by atomic mass is 9.87. The average molecular weight is 302 g/mol. The molecule has 4 rings (SSSR count). The molecule has 2 aromatic carbocycles. The van der Waals surface area contributed by atoms with Crippen LogP contribution < -0.4 is 0 Å². The summed E-state index contributed by atoms with van der Waals surface area (Å²) >= 11 is 0. The van der Waals surface area contributed by atoms with Gasteiger partial charge in [0.05, 0.1) is 5.52 Å². The van der Waals surface area contributed by atoms with E-state index >= 15 is 0 Å².